The molecule has 1 aromatic heterocycles. The molecule has 1 heterocycles. The summed E-state index contributed by atoms with van der Waals surface area (Å²) in [5.41, 5.74) is 6.97. The Bertz CT molecular complexity index is 364. The third kappa shape index (κ3) is 5.25. The van der Waals surface area contributed by atoms with Crippen LogP contribution in [-0.2, 0) is 0 Å². The molecule has 2 N–H and O–H groups in total. The molecule has 4 heteroatoms. The molecule has 1 rings (SSSR count). The predicted molar refractivity (Wildman–Crippen MR) is 77.2 cm³/mol. The molecule has 19 heavy (non-hydrogen) atoms. The van der Waals surface area contributed by atoms with Crippen LogP contribution in [0.4, 0.5) is 4.39 Å². The van der Waals surface area contributed by atoms with E-state index in [0.717, 1.165) is 25.3 Å². The third-order valence-corrected chi connectivity index (χ3v) is 3.32. The van der Waals surface area contributed by atoms with Gasteiger partial charge in [0.1, 0.15) is 5.82 Å². The van der Waals surface area contributed by atoms with Crippen LogP contribution < -0.4 is 5.73 Å². The molecular formula is C15H26FN3. The van der Waals surface area contributed by atoms with Crippen LogP contribution in [0.3, 0.4) is 0 Å². The highest BCUT2D eigenvalue weighted by atomic mass is 19.1. The third-order valence-electron chi connectivity index (χ3n) is 3.32. The van der Waals surface area contributed by atoms with Crippen molar-refractivity contribution < 1.29 is 4.39 Å². The van der Waals surface area contributed by atoms with Crippen molar-refractivity contribution in [2.45, 2.75) is 33.7 Å². The lowest BCUT2D eigenvalue weighted by Gasteiger charge is -2.28. The highest BCUT2D eigenvalue weighted by Gasteiger charge is 2.19. The van der Waals surface area contributed by atoms with Crippen LogP contribution in [0.25, 0.3) is 0 Å². The van der Waals surface area contributed by atoms with Crippen LogP contribution in [0.1, 0.15) is 39.4 Å². The summed E-state index contributed by atoms with van der Waals surface area (Å²) in [6.45, 7) is 11.8. The van der Waals surface area contributed by atoms with E-state index in [1.807, 2.05) is 0 Å². The van der Waals surface area contributed by atoms with E-state index in [0.29, 0.717) is 5.92 Å². The lowest BCUT2D eigenvalue weighted by atomic mass is 9.98. The summed E-state index contributed by atoms with van der Waals surface area (Å²) in [5, 5.41) is 0. The molecule has 0 fully saturated rings. The topological polar surface area (TPSA) is 42.1 Å². The van der Waals surface area contributed by atoms with Crippen molar-refractivity contribution in [1.29, 1.82) is 0 Å². The largest absolute Gasteiger partial charge is 0.322 e. The second kappa shape index (κ2) is 7.56. The summed E-state index contributed by atoms with van der Waals surface area (Å²) in [7, 11) is 0. The minimum Gasteiger partial charge on any atom is -0.322 e. The highest BCUT2D eigenvalue weighted by Crippen LogP contribution is 2.19. The number of aromatic nitrogens is 1. The summed E-state index contributed by atoms with van der Waals surface area (Å²) >= 11 is 0. The van der Waals surface area contributed by atoms with Crippen molar-refractivity contribution in [2.24, 2.45) is 17.6 Å². The monoisotopic (exact) mass is 267 g/mol. The Morgan fingerprint density at radius 2 is 1.95 bits per heavy atom. The van der Waals surface area contributed by atoms with Crippen LogP contribution in [0, 0.1) is 17.7 Å². The smallest absolute Gasteiger partial charge is 0.141 e. The average Bonchev–Trinajstić information content (AvgIpc) is 2.37. The highest BCUT2D eigenvalue weighted by molar-refractivity contribution is 5.10. The van der Waals surface area contributed by atoms with Gasteiger partial charge in [-0.2, -0.15) is 0 Å². The Balaban J connectivity index is 2.60. The molecule has 3 nitrogen and oxygen atoms in total. The van der Waals surface area contributed by atoms with Crippen molar-refractivity contribution in [1.82, 2.24) is 9.88 Å². The zero-order valence-electron chi connectivity index (χ0n) is 12.4. The molecule has 1 aromatic rings. The van der Waals surface area contributed by atoms with Crippen molar-refractivity contribution in [3.8, 4) is 0 Å². The van der Waals surface area contributed by atoms with E-state index in [2.05, 4.69) is 37.6 Å². The second-order valence-corrected chi connectivity index (χ2v) is 5.65. The molecule has 2 atom stereocenters. The predicted octanol–water partition coefficient (Wildman–Crippen LogP) is 2.83. The van der Waals surface area contributed by atoms with Gasteiger partial charge >= 0.3 is 0 Å². The molecule has 0 saturated heterocycles. The maximum atomic E-state index is 12.8. The quantitative estimate of drug-likeness (QED) is 0.826. The fourth-order valence-electron chi connectivity index (χ4n) is 2.25. The molecule has 0 aliphatic rings. The Hall–Kier alpha value is -1.00. The van der Waals surface area contributed by atoms with Crippen molar-refractivity contribution in [3.05, 3.63) is 29.8 Å². The molecule has 0 amide bonds. The Kier molecular flexibility index (Phi) is 6.38. The Morgan fingerprint density at radius 1 is 1.26 bits per heavy atom. The van der Waals surface area contributed by atoms with Gasteiger partial charge < -0.3 is 10.6 Å². The molecule has 0 bridgehead atoms. The summed E-state index contributed by atoms with van der Waals surface area (Å²) in [5.74, 6) is 0.613. The zero-order valence-corrected chi connectivity index (χ0v) is 12.4. The normalized spacial score (nSPS) is 14.9. The number of halogens is 1. The number of hydrogen-bond donors (Lipinski definition) is 1. The first-order chi connectivity index (χ1) is 8.93. The maximum absolute atomic E-state index is 12.8. The van der Waals surface area contributed by atoms with E-state index >= 15 is 0 Å². The minimum absolute atomic E-state index is 0.151. The molecule has 2 unspecified atom stereocenters. The van der Waals surface area contributed by atoms with Crippen LogP contribution >= 0.6 is 0 Å². The van der Waals surface area contributed by atoms with E-state index in [9.17, 15) is 4.39 Å². The molecule has 108 valence electrons. The summed E-state index contributed by atoms with van der Waals surface area (Å²) < 4.78 is 12.8. The van der Waals surface area contributed by atoms with E-state index in [1.165, 1.54) is 12.3 Å². The van der Waals surface area contributed by atoms with E-state index < -0.39 is 0 Å². The van der Waals surface area contributed by atoms with Gasteiger partial charge in [-0.15, -0.1) is 0 Å². The first-order valence-corrected chi connectivity index (χ1v) is 7.03. The van der Waals surface area contributed by atoms with Crippen LogP contribution in [0.5, 0.6) is 0 Å². The number of nitrogens with zero attached hydrogens (tertiary/aromatic N) is 2. The van der Waals surface area contributed by atoms with E-state index in [1.54, 1.807) is 6.07 Å². The summed E-state index contributed by atoms with van der Waals surface area (Å²) in [6.07, 6.45) is 1.23. The number of nitrogens with two attached hydrogens (primary N) is 1. The van der Waals surface area contributed by atoms with Gasteiger partial charge in [0.2, 0.25) is 0 Å². The molecule has 0 aliphatic heterocycles. The van der Waals surface area contributed by atoms with Crippen LogP contribution in [0.15, 0.2) is 18.3 Å². The standard InChI is InChI=1S/C15H26FN3/c1-5-19(9-11(2)3)10-12(4)15(17)14-7-6-13(16)8-18-14/h6-8,11-12,15H,5,9-10,17H2,1-4H3. The maximum Gasteiger partial charge on any atom is 0.141 e. The van der Waals surface area contributed by atoms with Crippen LogP contribution in [0.2, 0.25) is 0 Å². The number of pyridine rings is 1. The van der Waals surface area contributed by atoms with Crippen molar-refractivity contribution in [2.75, 3.05) is 19.6 Å². The lowest BCUT2D eigenvalue weighted by Crippen LogP contribution is -2.35. The Morgan fingerprint density at radius 3 is 2.42 bits per heavy atom. The molecule has 0 aliphatic carbocycles. The van der Waals surface area contributed by atoms with Gasteiger partial charge in [-0.1, -0.05) is 27.7 Å². The first-order valence-electron chi connectivity index (χ1n) is 7.03. The van der Waals surface area contributed by atoms with Gasteiger partial charge in [-0.05, 0) is 30.5 Å². The van der Waals surface area contributed by atoms with E-state index in [-0.39, 0.29) is 17.8 Å². The lowest BCUT2D eigenvalue weighted by molar-refractivity contribution is 0.209. The van der Waals surface area contributed by atoms with Gasteiger partial charge in [0.15, 0.2) is 0 Å². The molecule has 0 radical (unpaired) electrons. The second-order valence-electron chi connectivity index (χ2n) is 5.65. The first kappa shape index (κ1) is 16.1. The van der Waals surface area contributed by atoms with Crippen molar-refractivity contribution in [3.63, 3.8) is 0 Å². The van der Waals surface area contributed by atoms with Gasteiger partial charge in [-0.25, -0.2) is 4.39 Å². The average molecular weight is 267 g/mol. The number of rotatable bonds is 7. The van der Waals surface area contributed by atoms with E-state index in [4.69, 9.17) is 5.73 Å². The molecular weight excluding hydrogens is 241 g/mol. The van der Waals surface area contributed by atoms with Gasteiger partial charge in [-0.3, -0.25) is 4.98 Å². The van der Waals surface area contributed by atoms with Gasteiger partial charge in [0, 0.05) is 13.1 Å². The van der Waals surface area contributed by atoms with Crippen molar-refractivity contribution >= 4 is 0 Å². The summed E-state index contributed by atoms with van der Waals surface area (Å²) in [4.78, 5) is 6.48. The van der Waals surface area contributed by atoms with Gasteiger partial charge in [0.05, 0.1) is 17.9 Å². The Labute approximate surface area is 116 Å². The fraction of sp³-hybridized carbons (Fsp3) is 0.667. The SMILES string of the molecule is CCN(CC(C)C)CC(C)C(N)c1ccc(F)cn1. The van der Waals surface area contributed by atoms with Crippen LogP contribution in [-0.4, -0.2) is 29.5 Å². The zero-order chi connectivity index (χ0) is 14.4. The minimum atomic E-state index is -0.321. The molecule has 0 aromatic carbocycles. The summed E-state index contributed by atoms with van der Waals surface area (Å²) in [6, 6.07) is 2.94. The number of hydrogen-bond acceptors (Lipinski definition) is 3. The molecule has 0 saturated carbocycles. The molecule has 0 spiro atoms. The van der Waals surface area contributed by atoms with Gasteiger partial charge in [0.25, 0.3) is 0 Å². The fourth-order valence-corrected chi connectivity index (χ4v) is 2.25.